The van der Waals surface area contributed by atoms with Gasteiger partial charge < -0.3 is 21.0 Å². The lowest BCUT2D eigenvalue weighted by Crippen LogP contribution is -2.20. The normalized spacial score (nSPS) is 11.0. The molecule has 3 rings (SSSR count). The summed E-state index contributed by atoms with van der Waals surface area (Å²) in [5.74, 6) is -1.46. The van der Waals surface area contributed by atoms with Crippen molar-refractivity contribution in [1.82, 2.24) is 0 Å². The molecule has 0 aromatic heterocycles. The summed E-state index contributed by atoms with van der Waals surface area (Å²) in [6, 6.07) is 18.8. The number of carbonyl (C=O) groups excluding carboxylic acids is 3. The molecule has 0 bridgehead atoms. The molecule has 0 saturated carbocycles. The van der Waals surface area contributed by atoms with Crippen LogP contribution in [0.2, 0.25) is 5.02 Å². The first-order chi connectivity index (χ1) is 15.3. The van der Waals surface area contributed by atoms with Gasteiger partial charge in [-0.05, 0) is 54.6 Å². The second-order valence-corrected chi connectivity index (χ2v) is 6.95. The number of oxime groups is 1. The van der Waals surface area contributed by atoms with Crippen LogP contribution in [0.25, 0.3) is 0 Å². The van der Waals surface area contributed by atoms with Gasteiger partial charge in [0, 0.05) is 21.7 Å². The fourth-order valence-corrected chi connectivity index (χ4v) is 2.81. The number of nitrogens with zero attached hydrogens (tertiary/aromatic N) is 1. The number of benzene rings is 3. The van der Waals surface area contributed by atoms with Gasteiger partial charge in [-0.1, -0.05) is 35.0 Å². The van der Waals surface area contributed by atoms with Crippen LogP contribution in [0.3, 0.4) is 0 Å². The summed E-state index contributed by atoms with van der Waals surface area (Å²) in [7, 11) is 0. The maximum Gasteiger partial charge on any atom is 0.366 e. The van der Waals surface area contributed by atoms with Crippen molar-refractivity contribution in [1.29, 1.82) is 0 Å². The van der Waals surface area contributed by atoms with Gasteiger partial charge in [0.2, 0.25) is 0 Å². The molecule has 0 aliphatic carbocycles. The zero-order valence-electron chi connectivity index (χ0n) is 16.7. The topological polar surface area (TPSA) is 134 Å². The van der Waals surface area contributed by atoms with E-state index in [-0.39, 0.29) is 29.4 Å². The first kappa shape index (κ1) is 22.5. The van der Waals surface area contributed by atoms with Crippen molar-refractivity contribution in [3.05, 3.63) is 100 Å². The molecule has 0 atom stereocenters. The lowest BCUT2D eigenvalue weighted by molar-refractivity contribution is -0.119. The van der Waals surface area contributed by atoms with E-state index in [9.17, 15) is 14.4 Å². The van der Waals surface area contributed by atoms with Crippen molar-refractivity contribution in [3.63, 3.8) is 0 Å². The zero-order valence-corrected chi connectivity index (χ0v) is 17.4. The van der Waals surface area contributed by atoms with Crippen LogP contribution in [0.5, 0.6) is 5.75 Å². The molecule has 32 heavy (non-hydrogen) atoms. The maximum absolute atomic E-state index is 12.8. The highest BCUT2D eigenvalue weighted by atomic mass is 35.5. The summed E-state index contributed by atoms with van der Waals surface area (Å²) in [5, 5.41) is 4.15. The Labute approximate surface area is 188 Å². The lowest BCUT2D eigenvalue weighted by Gasteiger charge is -2.07. The highest BCUT2D eigenvalue weighted by Gasteiger charge is 2.19. The Bertz CT molecular complexity index is 1170. The fourth-order valence-electron chi connectivity index (χ4n) is 2.68. The molecule has 0 aliphatic rings. The summed E-state index contributed by atoms with van der Waals surface area (Å²) in [4.78, 5) is 41.1. The molecule has 9 heteroatoms. The number of rotatable bonds is 8. The monoisotopic (exact) mass is 451 g/mol. The molecule has 0 spiro atoms. The van der Waals surface area contributed by atoms with E-state index in [4.69, 9.17) is 32.6 Å². The first-order valence-corrected chi connectivity index (χ1v) is 9.68. The molecule has 162 valence electrons. The second-order valence-electron chi connectivity index (χ2n) is 6.52. The van der Waals surface area contributed by atoms with Gasteiger partial charge in [-0.15, -0.1) is 0 Å². The van der Waals surface area contributed by atoms with E-state index in [1.807, 2.05) is 0 Å². The fraction of sp³-hybridized carbons (Fsp3) is 0.0435. The standard InChI is InChI=1S/C23H18ClN3O5/c24-16-9-5-14(6-10-16)21(29)18-3-1-2-4-19(18)23(30)32-27-22(26)15-7-11-17(12-8-15)31-13-20(25)28/h1-12H,13H2,(H2,25,28)(H2,26,27). The number of carbonyl (C=O) groups is 3. The van der Waals surface area contributed by atoms with Crippen molar-refractivity contribution in [2.75, 3.05) is 6.61 Å². The summed E-state index contributed by atoms with van der Waals surface area (Å²) < 4.78 is 5.16. The van der Waals surface area contributed by atoms with Crippen LogP contribution in [-0.2, 0) is 9.63 Å². The number of hydrogen-bond donors (Lipinski definition) is 2. The number of amides is 1. The zero-order chi connectivity index (χ0) is 23.1. The molecule has 0 unspecified atom stereocenters. The number of nitrogens with two attached hydrogens (primary N) is 2. The number of ether oxygens (including phenoxy) is 1. The first-order valence-electron chi connectivity index (χ1n) is 9.31. The number of primary amides is 1. The predicted octanol–water partition coefficient (Wildman–Crippen LogP) is 2.91. The lowest BCUT2D eigenvalue weighted by atomic mass is 9.98. The van der Waals surface area contributed by atoms with E-state index in [0.717, 1.165) is 0 Å². The van der Waals surface area contributed by atoms with Crippen molar-refractivity contribution >= 4 is 35.1 Å². The second kappa shape index (κ2) is 10.2. The Hall–Kier alpha value is -4.17. The molecule has 1 amide bonds. The molecule has 4 N–H and O–H groups in total. The van der Waals surface area contributed by atoms with Gasteiger partial charge in [0.15, 0.2) is 18.2 Å². The van der Waals surface area contributed by atoms with Gasteiger partial charge in [0.05, 0.1) is 5.56 Å². The average molecular weight is 452 g/mol. The van der Waals surface area contributed by atoms with Crippen LogP contribution in [0.1, 0.15) is 31.8 Å². The molecular weight excluding hydrogens is 434 g/mol. The highest BCUT2D eigenvalue weighted by Crippen LogP contribution is 2.18. The van der Waals surface area contributed by atoms with Crippen LogP contribution in [0.15, 0.2) is 78.0 Å². The van der Waals surface area contributed by atoms with Gasteiger partial charge in [-0.2, -0.15) is 0 Å². The van der Waals surface area contributed by atoms with Crippen molar-refractivity contribution in [2.45, 2.75) is 0 Å². The molecule has 0 radical (unpaired) electrons. The average Bonchev–Trinajstić information content (AvgIpc) is 2.81. The molecule has 0 saturated heterocycles. The van der Waals surface area contributed by atoms with Crippen LogP contribution >= 0.6 is 11.6 Å². The SMILES string of the molecule is NC(=O)COc1ccc(/C(N)=N/OC(=O)c2ccccc2C(=O)c2ccc(Cl)cc2)cc1. The summed E-state index contributed by atoms with van der Waals surface area (Å²) in [6.45, 7) is -0.255. The Morgan fingerprint density at radius 2 is 1.41 bits per heavy atom. The Kier molecular flexibility index (Phi) is 7.20. The van der Waals surface area contributed by atoms with Gasteiger partial charge in [-0.3, -0.25) is 9.59 Å². The smallest absolute Gasteiger partial charge is 0.366 e. The van der Waals surface area contributed by atoms with E-state index >= 15 is 0 Å². The molecule has 3 aromatic rings. The van der Waals surface area contributed by atoms with E-state index in [2.05, 4.69) is 5.16 Å². The molecule has 0 heterocycles. The van der Waals surface area contributed by atoms with Gasteiger partial charge in [0.25, 0.3) is 5.91 Å². The van der Waals surface area contributed by atoms with Gasteiger partial charge in [-0.25, -0.2) is 4.79 Å². The minimum Gasteiger partial charge on any atom is -0.484 e. The molecule has 0 fully saturated rings. The molecular formula is C23H18ClN3O5. The van der Waals surface area contributed by atoms with Gasteiger partial charge in [0.1, 0.15) is 5.75 Å². The third-order valence-electron chi connectivity index (χ3n) is 4.26. The van der Waals surface area contributed by atoms with Crippen molar-refractivity contribution in [3.8, 4) is 5.75 Å². The summed E-state index contributed by atoms with van der Waals surface area (Å²) >= 11 is 5.86. The number of amidine groups is 1. The summed E-state index contributed by atoms with van der Waals surface area (Å²) in [5.41, 5.74) is 11.9. The molecule has 8 nitrogen and oxygen atoms in total. The third kappa shape index (κ3) is 5.71. The predicted molar refractivity (Wildman–Crippen MR) is 119 cm³/mol. The quantitative estimate of drug-likeness (QED) is 0.178. The number of hydrogen-bond acceptors (Lipinski definition) is 6. The summed E-state index contributed by atoms with van der Waals surface area (Å²) in [6.07, 6.45) is 0. The third-order valence-corrected chi connectivity index (χ3v) is 4.51. The molecule has 3 aromatic carbocycles. The Balaban J connectivity index is 1.73. The van der Waals surface area contributed by atoms with Crippen molar-refractivity contribution in [2.24, 2.45) is 16.6 Å². The van der Waals surface area contributed by atoms with Crippen molar-refractivity contribution < 1.29 is 24.0 Å². The van der Waals surface area contributed by atoms with Crippen LogP contribution in [0, 0.1) is 0 Å². The minimum atomic E-state index is -0.840. The minimum absolute atomic E-state index is 0.0409. The Morgan fingerprint density at radius 1 is 0.812 bits per heavy atom. The molecule has 0 aliphatic heterocycles. The number of ketones is 1. The van der Waals surface area contributed by atoms with Crippen LogP contribution < -0.4 is 16.2 Å². The van der Waals surface area contributed by atoms with Crippen LogP contribution in [0.4, 0.5) is 0 Å². The van der Waals surface area contributed by atoms with E-state index < -0.39 is 11.9 Å². The van der Waals surface area contributed by atoms with E-state index in [0.29, 0.717) is 21.9 Å². The van der Waals surface area contributed by atoms with Gasteiger partial charge >= 0.3 is 5.97 Å². The van der Waals surface area contributed by atoms with E-state index in [1.165, 1.54) is 12.1 Å². The number of halogens is 1. The van der Waals surface area contributed by atoms with E-state index in [1.54, 1.807) is 60.7 Å². The van der Waals surface area contributed by atoms with Crippen LogP contribution in [-0.4, -0.2) is 30.1 Å². The maximum atomic E-state index is 12.8. The highest BCUT2D eigenvalue weighted by molar-refractivity contribution is 6.30. The Morgan fingerprint density at radius 3 is 2.03 bits per heavy atom. The largest absolute Gasteiger partial charge is 0.484 e.